The second kappa shape index (κ2) is 10.9. The maximum atomic E-state index is 14.0. The van der Waals surface area contributed by atoms with Crippen LogP contribution in [-0.4, -0.2) is 47.0 Å². The van der Waals surface area contributed by atoms with Gasteiger partial charge in [-0.2, -0.15) is 0 Å². The first-order chi connectivity index (χ1) is 18.4. The summed E-state index contributed by atoms with van der Waals surface area (Å²) >= 11 is 1.42. The molecule has 198 valence electrons. The number of aromatic nitrogens is 2. The normalized spacial score (nSPS) is 13.9. The fourth-order valence-corrected chi connectivity index (χ4v) is 5.66. The Hall–Kier alpha value is -3.72. The van der Waals surface area contributed by atoms with E-state index in [-0.39, 0.29) is 12.5 Å². The van der Waals surface area contributed by atoms with Crippen molar-refractivity contribution in [3.05, 3.63) is 75.7 Å². The third-order valence-electron chi connectivity index (χ3n) is 6.87. The Morgan fingerprint density at radius 1 is 1.18 bits per heavy atom. The molecular formula is C29H31N3O5S. The predicted molar refractivity (Wildman–Crippen MR) is 144 cm³/mol. The molecule has 8 nitrogen and oxygen atoms in total. The highest BCUT2D eigenvalue weighted by Gasteiger charge is 2.54. The molecule has 1 saturated carbocycles. The summed E-state index contributed by atoms with van der Waals surface area (Å²) in [7, 11) is 1.60. The van der Waals surface area contributed by atoms with Crippen LogP contribution >= 0.6 is 11.3 Å². The van der Waals surface area contributed by atoms with Crippen LogP contribution in [0, 0.1) is 6.92 Å². The van der Waals surface area contributed by atoms with Crippen LogP contribution in [0.2, 0.25) is 0 Å². The summed E-state index contributed by atoms with van der Waals surface area (Å²) in [5, 5.41) is 1.78. The first-order valence-electron chi connectivity index (χ1n) is 12.8. The zero-order chi connectivity index (χ0) is 26.7. The number of carbonyl (C=O) groups excluding carboxylic acids is 2. The summed E-state index contributed by atoms with van der Waals surface area (Å²) in [5.41, 5.74) is 1.30. The zero-order valence-corrected chi connectivity index (χ0v) is 22.7. The number of pyridine rings is 1. The van der Waals surface area contributed by atoms with Gasteiger partial charge in [0, 0.05) is 23.2 Å². The van der Waals surface area contributed by atoms with Crippen LogP contribution in [-0.2, 0) is 27.9 Å². The van der Waals surface area contributed by atoms with Crippen LogP contribution in [0.1, 0.15) is 58.0 Å². The highest BCUT2D eigenvalue weighted by Crippen LogP contribution is 2.49. The number of hydrogen-bond donors (Lipinski definition) is 0. The van der Waals surface area contributed by atoms with Gasteiger partial charge in [0.25, 0.3) is 0 Å². The fraction of sp³-hybridized carbons (Fsp3) is 0.379. The van der Waals surface area contributed by atoms with Crippen LogP contribution in [0.5, 0.6) is 5.75 Å². The molecule has 4 aromatic rings. The lowest BCUT2D eigenvalue weighted by molar-refractivity contribution is -0.134. The van der Waals surface area contributed by atoms with E-state index in [1.807, 2.05) is 48.2 Å². The highest BCUT2D eigenvalue weighted by atomic mass is 32.1. The van der Waals surface area contributed by atoms with Crippen molar-refractivity contribution in [3.8, 4) is 5.75 Å². The summed E-state index contributed by atoms with van der Waals surface area (Å²) in [4.78, 5) is 38.1. The van der Waals surface area contributed by atoms with Crippen molar-refractivity contribution < 1.29 is 23.5 Å². The Labute approximate surface area is 225 Å². The summed E-state index contributed by atoms with van der Waals surface area (Å²) in [6.07, 6.45) is 4.58. The van der Waals surface area contributed by atoms with Gasteiger partial charge in [0.05, 0.1) is 37.6 Å². The maximum absolute atomic E-state index is 14.0. The second-order valence-electron chi connectivity index (χ2n) is 9.48. The minimum Gasteiger partial charge on any atom is -0.495 e. The van der Waals surface area contributed by atoms with E-state index in [0.29, 0.717) is 36.0 Å². The molecule has 3 heterocycles. The molecule has 0 atom stereocenters. The molecule has 1 aliphatic carbocycles. The average Bonchev–Trinajstić information content (AvgIpc) is 3.50. The molecule has 1 aromatic carbocycles. The van der Waals surface area contributed by atoms with Gasteiger partial charge in [0.15, 0.2) is 5.69 Å². The van der Waals surface area contributed by atoms with Gasteiger partial charge in [-0.3, -0.25) is 9.78 Å². The number of para-hydroxylation sites is 1. The van der Waals surface area contributed by atoms with Crippen LogP contribution in [0.15, 0.2) is 53.1 Å². The third-order valence-corrected chi connectivity index (χ3v) is 7.83. The molecule has 0 saturated heterocycles. The largest absolute Gasteiger partial charge is 0.495 e. The molecule has 1 amide bonds. The van der Waals surface area contributed by atoms with Gasteiger partial charge < -0.3 is 18.8 Å². The Morgan fingerprint density at radius 2 is 2.00 bits per heavy atom. The second-order valence-corrected chi connectivity index (χ2v) is 10.8. The first-order valence-corrected chi connectivity index (χ1v) is 13.7. The minimum atomic E-state index is -0.637. The zero-order valence-electron chi connectivity index (χ0n) is 21.9. The maximum Gasteiger partial charge on any atom is 0.358 e. The first kappa shape index (κ1) is 25.9. The van der Waals surface area contributed by atoms with Gasteiger partial charge in [-0.25, -0.2) is 9.78 Å². The number of amides is 1. The van der Waals surface area contributed by atoms with Crippen molar-refractivity contribution in [3.63, 3.8) is 0 Å². The number of methoxy groups -OCH3 is 1. The van der Waals surface area contributed by atoms with Gasteiger partial charge >= 0.3 is 5.97 Å². The van der Waals surface area contributed by atoms with Crippen LogP contribution in [0.4, 0.5) is 0 Å². The molecule has 9 heteroatoms. The molecule has 3 aromatic heterocycles. The van der Waals surface area contributed by atoms with Crippen molar-refractivity contribution in [2.45, 2.75) is 51.5 Å². The lowest BCUT2D eigenvalue weighted by Crippen LogP contribution is -2.40. The number of ether oxygens (including phenoxy) is 2. The summed E-state index contributed by atoms with van der Waals surface area (Å²) < 4.78 is 16.4. The monoisotopic (exact) mass is 533 g/mol. The summed E-state index contributed by atoms with van der Waals surface area (Å²) in [6.45, 7) is 4.76. The molecule has 5 rings (SSSR count). The molecule has 0 N–H and O–H groups in total. The fourth-order valence-electron chi connectivity index (χ4n) is 4.72. The topological polar surface area (TPSA) is 94.8 Å². The number of hydrogen-bond acceptors (Lipinski definition) is 8. The number of furan rings is 1. The number of aryl methyl sites for hydroxylation is 2. The average molecular weight is 534 g/mol. The lowest BCUT2D eigenvalue weighted by Gasteiger charge is -2.26. The molecule has 0 spiro atoms. The van der Waals surface area contributed by atoms with Crippen molar-refractivity contribution in [1.29, 1.82) is 0 Å². The SMILES string of the molecule is CCOC(=O)c1nc(CN(CCCc2cc3ccccc3o2)C(=O)C2(c3ccc(OC)cn3)CC2)sc1C. The Kier molecular flexibility index (Phi) is 7.46. The molecule has 1 aliphatic rings. The Bertz CT molecular complexity index is 1410. The van der Waals surface area contributed by atoms with Gasteiger partial charge in [-0.05, 0) is 57.4 Å². The standard InChI is InChI=1S/C29H31N3O5S/c1-4-36-27(33)26-19(2)38-25(31-26)18-32(15-7-9-21-16-20-8-5-6-10-23(20)37-21)28(34)29(13-14-29)24-12-11-22(35-3)17-30-24/h5-6,8,10-12,16-17H,4,7,9,13-15,18H2,1-3H3. The van der Waals surface area contributed by atoms with E-state index in [4.69, 9.17) is 13.9 Å². The number of benzene rings is 1. The molecule has 1 fully saturated rings. The number of esters is 1. The smallest absolute Gasteiger partial charge is 0.358 e. The van der Waals surface area contributed by atoms with E-state index in [0.717, 1.165) is 46.6 Å². The number of thiazole rings is 1. The quantitative estimate of drug-likeness (QED) is 0.236. The van der Waals surface area contributed by atoms with Crippen LogP contribution in [0.3, 0.4) is 0 Å². The highest BCUT2D eigenvalue weighted by molar-refractivity contribution is 7.11. The van der Waals surface area contributed by atoms with Crippen molar-refractivity contribution in [2.24, 2.45) is 0 Å². The third kappa shape index (κ3) is 5.29. The van der Waals surface area contributed by atoms with Crippen molar-refractivity contribution >= 4 is 34.2 Å². The van der Waals surface area contributed by atoms with Crippen molar-refractivity contribution in [2.75, 3.05) is 20.3 Å². The minimum absolute atomic E-state index is 0.0327. The van der Waals surface area contributed by atoms with Crippen molar-refractivity contribution in [1.82, 2.24) is 14.9 Å². The van der Waals surface area contributed by atoms with E-state index < -0.39 is 11.4 Å². The molecular weight excluding hydrogens is 502 g/mol. The molecule has 0 bridgehead atoms. The van der Waals surface area contributed by atoms with Crippen LogP contribution < -0.4 is 4.74 Å². The summed E-state index contributed by atoms with van der Waals surface area (Å²) in [6, 6.07) is 13.7. The van der Waals surface area contributed by atoms with Gasteiger partial charge in [-0.15, -0.1) is 11.3 Å². The Morgan fingerprint density at radius 3 is 2.68 bits per heavy atom. The van der Waals surface area contributed by atoms with Gasteiger partial charge in [0.1, 0.15) is 22.1 Å². The van der Waals surface area contributed by atoms with Gasteiger partial charge in [0.2, 0.25) is 5.91 Å². The van der Waals surface area contributed by atoms with Crippen LogP contribution in [0.25, 0.3) is 11.0 Å². The number of fused-ring (bicyclic) bond motifs is 1. The summed E-state index contributed by atoms with van der Waals surface area (Å²) in [5.74, 6) is 1.15. The van der Waals surface area contributed by atoms with E-state index >= 15 is 0 Å². The van der Waals surface area contributed by atoms with E-state index in [1.54, 1.807) is 20.2 Å². The molecule has 0 radical (unpaired) electrons. The Balaban J connectivity index is 1.36. The molecule has 0 unspecified atom stereocenters. The molecule has 38 heavy (non-hydrogen) atoms. The molecule has 0 aliphatic heterocycles. The predicted octanol–water partition coefficient (Wildman–Crippen LogP) is 5.47. The van der Waals surface area contributed by atoms with E-state index in [2.05, 4.69) is 16.0 Å². The number of nitrogens with zero attached hydrogens (tertiary/aromatic N) is 3. The number of rotatable bonds is 11. The van der Waals surface area contributed by atoms with E-state index in [9.17, 15) is 9.59 Å². The number of carbonyl (C=O) groups is 2. The lowest BCUT2D eigenvalue weighted by atomic mass is 9.99. The van der Waals surface area contributed by atoms with E-state index in [1.165, 1.54) is 11.3 Å². The van der Waals surface area contributed by atoms with Gasteiger partial charge in [-0.1, -0.05) is 18.2 Å².